The summed E-state index contributed by atoms with van der Waals surface area (Å²) >= 11 is 0. The van der Waals surface area contributed by atoms with Gasteiger partial charge in [0, 0.05) is 0 Å². The van der Waals surface area contributed by atoms with Crippen LogP contribution in [0.15, 0.2) is 18.2 Å². The van der Waals surface area contributed by atoms with E-state index in [1.165, 1.54) is 0 Å². The Kier molecular flexibility index (Phi) is 2.15. The molecule has 0 saturated carbocycles. The minimum absolute atomic E-state index is 0.0186. The van der Waals surface area contributed by atoms with E-state index in [4.69, 9.17) is 5.11 Å². The van der Waals surface area contributed by atoms with Gasteiger partial charge < -0.3 is 10.2 Å². The highest BCUT2D eigenvalue weighted by molar-refractivity contribution is 6.88. The van der Waals surface area contributed by atoms with Crippen LogP contribution < -0.4 is 5.19 Å². The molecule has 0 radical (unpaired) electrons. The van der Waals surface area contributed by atoms with Crippen LogP contribution in [0, 0.1) is 0 Å². The van der Waals surface area contributed by atoms with E-state index in [9.17, 15) is 5.11 Å². The molecule has 0 spiro atoms. The lowest BCUT2D eigenvalue weighted by molar-refractivity contribution is 0.404. The van der Waals surface area contributed by atoms with Gasteiger partial charge in [-0.05, 0) is 12.1 Å². The fourth-order valence-corrected chi connectivity index (χ4v) is 2.14. The molecule has 3 heteroatoms. The molecular formula is C9H14O2Si. The maximum Gasteiger partial charge on any atom is 0.157 e. The topological polar surface area (TPSA) is 40.5 Å². The Morgan fingerprint density at radius 1 is 1.00 bits per heavy atom. The van der Waals surface area contributed by atoms with Crippen molar-refractivity contribution in [2.45, 2.75) is 19.6 Å². The average Bonchev–Trinajstić information content (AvgIpc) is 1.92. The Bertz CT molecular complexity index is 289. The van der Waals surface area contributed by atoms with Crippen molar-refractivity contribution in [2.75, 3.05) is 0 Å². The SMILES string of the molecule is C[Si](C)(C)c1ccc(O)c(O)c1. The van der Waals surface area contributed by atoms with Crippen molar-refractivity contribution in [2.24, 2.45) is 0 Å². The van der Waals surface area contributed by atoms with Gasteiger partial charge in [-0.3, -0.25) is 0 Å². The van der Waals surface area contributed by atoms with E-state index in [-0.39, 0.29) is 11.5 Å². The number of phenols is 2. The second-order valence-electron chi connectivity index (χ2n) is 3.95. The third-order valence-corrected chi connectivity index (χ3v) is 3.88. The summed E-state index contributed by atoms with van der Waals surface area (Å²) in [7, 11) is -1.36. The Labute approximate surface area is 73.5 Å². The molecule has 1 rings (SSSR count). The van der Waals surface area contributed by atoms with Crippen molar-refractivity contribution in [1.29, 1.82) is 0 Å². The molecule has 0 aliphatic carbocycles. The molecule has 0 bridgehead atoms. The van der Waals surface area contributed by atoms with Crippen molar-refractivity contribution >= 4 is 13.3 Å². The minimum Gasteiger partial charge on any atom is -0.504 e. The van der Waals surface area contributed by atoms with Gasteiger partial charge in [-0.1, -0.05) is 30.9 Å². The van der Waals surface area contributed by atoms with Crippen LogP contribution in [0.2, 0.25) is 19.6 Å². The Hall–Kier alpha value is -0.963. The van der Waals surface area contributed by atoms with Crippen LogP contribution in [-0.2, 0) is 0 Å². The Balaban J connectivity index is 3.14. The monoisotopic (exact) mass is 182 g/mol. The molecule has 0 aliphatic rings. The molecule has 0 unspecified atom stereocenters. The van der Waals surface area contributed by atoms with Gasteiger partial charge in [0.05, 0.1) is 8.07 Å². The summed E-state index contributed by atoms with van der Waals surface area (Å²) in [5.74, 6) is -0.0630. The molecule has 0 aromatic heterocycles. The zero-order valence-electron chi connectivity index (χ0n) is 7.63. The highest BCUT2D eigenvalue weighted by Crippen LogP contribution is 2.22. The van der Waals surface area contributed by atoms with Crippen LogP contribution in [0.5, 0.6) is 11.5 Å². The van der Waals surface area contributed by atoms with Crippen LogP contribution in [0.3, 0.4) is 0 Å². The van der Waals surface area contributed by atoms with Crippen LogP contribution in [0.1, 0.15) is 0 Å². The quantitative estimate of drug-likeness (QED) is 0.512. The van der Waals surface area contributed by atoms with Crippen LogP contribution in [-0.4, -0.2) is 18.3 Å². The summed E-state index contributed by atoms with van der Waals surface area (Å²) in [4.78, 5) is 0. The number of phenolic OH excluding ortho intramolecular Hbond substituents is 2. The molecular weight excluding hydrogens is 168 g/mol. The molecule has 0 fully saturated rings. The number of benzene rings is 1. The minimum atomic E-state index is -1.36. The third kappa shape index (κ3) is 1.79. The second-order valence-corrected chi connectivity index (χ2v) is 9.03. The molecule has 12 heavy (non-hydrogen) atoms. The lowest BCUT2D eigenvalue weighted by Gasteiger charge is -2.16. The van der Waals surface area contributed by atoms with Crippen molar-refractivity contribution in [3.63, 3.8) is 0 Å². The number of hydrogen-bond acceptors (Lipinski definition) is 2. The maximum absolute atomic E-state index is 9.24. The fraction of sp³-hybridized carbons (Fsp3) is 0.333. The molecule has 1 aromatic rings. The summed E-state index contributed by atoms with van der Waals surface area (Å²) in [5.41, 5.74) is 0. The number of hydrogen-bond donors (Lipinski definition) is 2. The first-order valence-electron chi connectivity index (χ1n) is 3.94. The fourth-order valence-electron chi connectivity index (χ4n) is 0.990. The molecule has 0 atom stereocenters. The first-order valence-corrected chi connectivity index (χ1v) is 7.44. The zero-order chi connectivity index (χ0) is 9.35. The molecule has 2 nitrogen and oxygen atoms in total. The number of aromatic hydroxyl groups is 2. The van der Waals surface area contributed by atoms with Gasteiger partial charge in [-0.25, -0.2) is 0 Å². The maximum atomic E-state index is 9.24. The molecule has 0 heterocycles. The largest absolute Gasteiger partial charge is 0.504 e. The van der Waals surface area contributed by atoms with Crippen LogP contribution in [0.4, 0.5) is 0 Å². The van der Waals surface area contributed by atoms with Gasteiger partial charge in [0.15, 0.2) is 11.5 Å². The lowest BCUT2D eigenvalue weighted by atomic mass is 10.3. The van der Waals surface area contributed by atoms with Crippen molar-refractivity contribution in [3.05, 3.63) is 18.2 Å². The second kappa shape index (κ2) is 2.82. The van der Waals surface area contributed by atoms with E-state index in [1.807, 2.05) is 6.07 Å². The molecule has 66 valence electrons. The van der Waals surface area contributed by atoms with Gasteiger partial charge in [0.1, 0.15) is 0 Å². The normalized spacial score (nSPS) is 11.6. The average molecular weight is 182 g/mol. The van der Waals surface area contributed by atoms with Crippen molar-refractivity contribution in [1.82, 2.24) is 0 Å². The summed E-state index contributed by atoms with van der Waals surface area (Å²) in [6.07, 6.45) is 0. The van der Waals surface area contributed by atoms with E-state index in [1.54, 1.807) is 12.1 Å². The molecule has 1 aromatic carbocycles. The first-order chi connectivity index (χ1) is 5.41. The summed E-state index contributed by atoms with van der Waals surface area (Å²) in [6, 6.07) is 5.08. The van der Waals surface area contributed by atoms with Gasteiger partial charge in [0.25, 0.3) is 0 Å². The first kappa shape index (κ1) is 9.13. The predicted octanol–water partition coefficient (Wildman–Crippen LogP) is 1.64. The summed E-state index contributed by atoms with van der Waals surface area (Å²) in [6.45, 7) is 6.58. The van der Waals surface area contributed by atoms with Gasteiger partial charge in [-0.2, -0.15) is 0 Å². The van der Waals surface area contributed by atoms with Crippen molar-refractivity contribution < 1.29 is 10.2 Å². The van der Waals surface area contributed by atoms with Crippen LogP contribution >= 0.6 is 0 Å². The van der Waals surface area contributed by atoms with Gasteiger partial charge >= 0.3 is 0 Å². The smallest absolute Gasteiger partial charge is 0.157 e. The Morgan fingerprint density at radius 3 is 2.00 bits per heavy atom. The lowest BCUT2D eigenvalue weighted by Crippen LogP contribution is -2.37. The standard InChI is InChI=1S/C9H14O2Si/c1-12(2,3)7-4-5-8(10)9(11)6-7/h4-6,10-11H,1-3H3. The predicted molar refractivity (Wildman–Crippen MR) is 52.8 cm³/mol. The van der Waals surface area contributed by atoms with E-state index in [0.29, 0.717) is 0 Å². The van der Waals surface area contributed by atoms with E-state index < -0.39 is 8.07 Å². The van der Waals surface area contributed by atoms with Crippen LogP contribution in [0.25, 0.3) is 0 Å². The number of rotatable bonds is 1. The summed E-state index contributed by atoms with van der Waals surface area (Å²) < 4.78 is 0. The molecule has 0 aliphatic heterocycles. The van der Waals surface area contributed by atoms with Gasteiger partial charge in [-0.15, -0.1) is 0 Å². The van der Waals surface area contributed by atoms with E-state index >= 15 is 0 Å². The third-order valence-electron chi connectivity index (χ3n) is 1.84. The molecule has 2 N–H and O–H groups in total. The molecule has 0 saturated heterocycles. The zero-order valence-corrected chi connectivity index (χ0v) is 8.63. The van der Waals surface area contributed by atoms with E-state index in [0.717, 1.165) is 5.19 Å². The Morgan fingerprint density at radius 2 is 1.58 bits per heavy atom. The summed E-state index contributed by atoms with van der Waals surface area (Å²) in [5, 5.41) is 19.5. The highest BCUT2D eigenvalue weighted by Gasteiger charge is 2.17. The highest BCUT2D eigenvalue weighted by atomic mass is 28.3. The van der Waals surface area contributed by atoms with Gasteiger partial charge in [0.2, 0.25) is 0 Å². The van der Waals surface area contributed by atoms with E-state index in [2.05, 4.69) is 19.6 Å². The molecule has 0 amide bonds. The van der Waals surface area contributed by atoms with Crippen molar-refractivity contribution in [3.8, 4) is 11.5 Å².